The molecule has 0 radical (unpaired) electrons. The van der Waals surface area contributed by atoms with Crippen LogP contribution in [0.15, 0.2) is 24.3 Å². The summed E-state index contributed by atoms with van der Waals surface area (Å²) in [4.78, 5) is 12.2. The molecule has 0 heterocycles. The van der Waals surface area contributed by atoms with Crippen molar-refractivity contribution in [2.24, 2.45) is 0 Å². The van der Waals surface area contributed by atoms with Crippen molar-refractivity contribution in [2.45, 2.75) is 52.4 Å². The molecule has 0 bridgehead atoms. The summed E-state index contributed by atoms with van der Waals surface area (Å²) in [6.45, 7) is 11.0. The maximum absolute atomic E-state index is 12.2. The van der Waals surface area contributed by atoms with E-state index in [4.69, 9.17) is 21.7 Å². The molecule has 1 aromatic rings. The van der Waals surface area contributed by atoms with Gasteiger partial charge in [0.2, 0.25) is 0 Å². The summed E-state index contributed by atoms with van der Waals surface area (Å²) >= 11 is 5.19. The highest BCUT2D eigenvalue weighted by Gasteiger charge is 2.25. The van der Waals surface area contributed by atoms with Crippen LogP contribution in [-0.2, 0) is 19.7 Å². The molecule has 0 saturated heterocycles. The van der Waals surface area contributed by atoms with Gasteiger partial charge in [-0.05, 0) is 42.6 Å². The molecule has 4 heteroatoms. The summed E-state index contributed by atoms with van der Waals surface area (Å²) in [7, 11) is 0. The lowest BCUT2D eigenvalue weighted by Crippen LogP contribution is -2.20. The predicted molar refractivity (Wildman–Crippen MR) is 93.4 cm³/mol. The molecule has 0 amide bonds. The van der Waals surface area contributed by atoms with Gasteiger partial charge >= 0.3 is 5.97 Å². The largest absolute Gasteiger partial charge is 0.487 e. The number of hydrogen-bond acceptors (Lipinski definition) is 4. The van der Waals surface area contributed by atoms with E-state index < -0.39 is 5.92 Å². The van der Waals surface area contributed by atoms with Crippen molar-refractivity contribution in [1.29, 1.82) is 0 Å². The van der Waals surface area contributed by atoms with E-state index >= 15 is 0 Å². The summed E-state index contributed by atoms with van der Waals surface area (Å²) in [5, 5.41) is 0.445. The molecule has 0 spiro atoms. The second-order valence-electron chi connectivity index (χ2n) is 6.19. The molecule has 1 rings (SSSR count). The lowest BCUT2D eigenvalue weighted by Gasteiger charge is -2.21. The Morgan fingerprint density at radius 3 is 2.09 bits per heavy atom. The zero-order chi connectivity index (χ0) is 16.8. The number of benzene rings is 1. The quantitative estimate of drug-likeness (QED) is 0.575. The Bertz CT molecular complexity index is 500. The molecular formula is C18H26O3S. The highest BCUT2D eigenvalue weighted by Crippen LogP contribution is 2.27. The molecular weight excluding hydrogens is 296 g/mol. The fourth-order valence-corrected chi connectivity index (χ4v) is 2.47. The van der Waals surface area contributed by atoms with Crippen LogP contribution in [0.3, 0.4) is 0 Å². The maximum atomic E-state index is 12.2. The van der Waals surface area contributed by atoms with Gasteiger partial charge in [0.25, 0.3) is 0 Å². The van der Waals surface area contributed by atoms with E-state index in [9.17, 15) is 4.79 Å². The summed E-state index contributed by atoms with van der Waals surface area (Å²) < 4.78 is 10.5. The fraction of sp³-hybridized carbons (Fsp3) is 0.556. The van der Waals surface area contributed by atoms with Gasteiger partial charge in [0.1, 0.15) is 0 Å². The van der Waals surface area contributed by atoms with E-state index in [1.807, 2.05) is 19.1 Å². The van der Waals surface area contributed by atoms with Crippen LogP contribution in [-0.4, -0.2) is 24.2 Å². The van der Waals surface area contributed by atoms with E-state index in [0.29, 0.717) is 24.7 Å². The van der Waals surface area contributed by atoms with Crippen molar-refractivity contribution in [2.75, 3.05) is 13.2 Å². The Kier molecular flexibility index (Phi) is 7.01. The number of ether oxygens (including phenoxy) is 2. The van der Waals surface area contributed by atoms with E-state index in [0.717, 1.165) is 5.56 Å². The van der Waals surface area contributed by atoms with E-state index in [1.54, 1.807) is 6.92 Å². The van der Waals surface area contributed by atoms with E-state index in [1.165, 1.54) is 5.56 Å². The van der Waals surface area contributed by atoms with Crippen molar-refractivity contribution >= 4 is 23.2 Å². The SMILES string of the molecule is CCOC(=O)C(CC(=S)OCC)c1ccc(C(C)(C)C)cc1. The lowest BCUT2D eigenvalue weighted by atomic mass is 9.85. The van der Waals surface area contributed by atoms with Gasteiger partial charge in [0.05, 0.1) is 19.1 Å². The molecule has 22 heavy (non-hydrogen) atoms. The minimum absolute atomic E-state index is 0.0819. The molecule has 0 aromatic heterocycles. The molecule has 122 valence electrons. The highest BCUT2D eigenvalue weighted by molar-refractivity contribution is 7.80. The third-order valence-electron chi connectivity index (χ3n) is 3.43. The normalized spacial score (nSPS) is 12.6. The van der Waals surface area contributed by atoms with Gasteiger partial charge < -0.3 is 9.47 Å². The van der Waals surface area contributed by atoms with Gasteiger partial charge in [-0.25, -0.2) is 0 Å². The third-order valence-corrected chi connectivity index (χ3v) is 3.71. The van der Waals surface area contributed by atoms with Crippen LogP contribution in [0.4, 0.5) is 0 Å². The Hall–Kier alpha value is -1.42. The fourth-order valence-electron chi connectivity index (χ4n) is 2.18. The zero-order valence-electron chi connectivity index (χ0n) is 14.1. The average molecular weight is 322 g/mol. The Morgan fingerprint density at radius 1 is 1.09 bits per heavy atom. The highest BCUT2D eigenvalue weighted by atomic mass is 32.1. The summed E-state index contributed by atoms with van der Waals surface area (Å²) in [6, 6.07) is 8.09. The smallest absolute Gasteiger partial charge is 0.313 e. The second-order valence-corrected chi connectivity index (χ2v) is 6.64. The number of rotatable bonds is 6. The first-order valence-electron chi connectivity index (χ1n) is 7.72. The number of carbonyl (C=O) groups is 1. The third kappa shape index (κ3) is 5.41. The summed E-state index contributed by atoms with van der Waals surface area (Å²) in [5.41, 5.74) is 2.22. The first kappa shape index (κ1) is 18.6. The number of thiocarbonyl (C=S) groups is 1. The van der Waals surface area contributed by atoms with Crippen molar-refractivity contribution in [3.05, 3.63) is 35.4 Å². The molecule has 1 aromatic carbocycles. The molecule has 0 aliphatic carbocycles. The first-order chi connectivity index (χ1) is 10.3. The number of esters is 1. The van der Waals surface area contributed by atoms with Gasteiger partial charge in [0.15, 0.2) is 5.05 Å². The van der Waals surface area contributed by atoms with Gasteiger partial charge in [0, 0.05) is 6.42 Å². The van der Waals surface area contributed by atoms with E-state index in [2.05, 4.69) is 32.9 Å². The van der Waals surface area contributed by atoms with Crippen molar-refractivity contribution in [3.63, 3.8) is 0 Å². The Balaban J connectivity index is 3.00. The topological polar surface area (TPSA) is 35.5 Å². The minimum Gasteiger partial charge on any atom is -0.487 e. The molecule has 3 nitrogen and oxygen atoms in total. The van der Waals surface area contributed by atoms with Crippen LogP contribution in [0, 0.1) is 0 Å². The van der Waals surface area contributed by atoms with Crippen LogP contribution >= 0.6 is 12.2 Å². The summed E-state index contributed by atoms with van der Waals surface area (Å²) in [5.74, 6) is -0.666. The maximum Gasteiger partial charge on any atom is 0.313 e. The zero-order valence-corrected chi connectivity index (χ0v) is 15.0. The van der Waals surface area contributed by atoms with E-state index in [-0.39, 0.29) is 11.4 Å². The van der Waals surface area contributed by atoms with Gasteiger partial charge in [-0.3, -0.25) is 4.79 Å². The van der Waals surface area contributed by atoms with Gasteiger partial charge in [-0.2, -0.15) is 0 Å². The molecule has 0 saturated carbocycles. The Morgan fingerprint density at radius 2 is 1.64 bits per heavy atom. The molecule has 0 aliphatic heterocycles. The number of hydrogen-bond donors (Lipinski definition) is 0. The Labute approximate surface area is 139 Å². The molecule has 1 unspecified atom stereocenters. The van der Waals surface area contributed by atoms with Crippen LogP contribution in [0.5, 0.6) is 0 Å². The van der Waals surface area contributed by atoms with Crippen molar-refractivity contribution < 1.29 is 14.3 Å². The van der Waals surface area contributed by atoms with Crippen LogP contribution in [0.1, 0.15) is 58.1 Å². The number of carbonyl (C=O) groups excluding carboxylic acids is 1. The molecule has 1 atom stereocenters. The van der Waals surface area contributed by atoms with Crippen molar-refractivity contribution in [3.8, 4) is 0 Å². The summed E-state index contributed by atoms with van der Waals surface area (Å²) in [6.07, 6.45) is 0.372. The second kappa shape index (κ2) is 8.28. The monoisotopic (exact) mass is 322 g/mol. The predicted octanol–water partition coefficient (Wildman–Crippen LogP) is 4.38. The van der Waals surface area contributed by atoms with Crippen LogP contribution in [0.25, 0.3) is 0 Å². The van der Waals surface area contributed by atoms with Crippen LogP contribution in [0.2, 0.25) is 0 Å². The van der Waals surface area contributed by atoms with Gasteiger partial charge in [-0.1, -0.05) is 45.0 Å². The first-order valence-corrected chi connectivity index (χ1v) is 8.13. The lowest BCUT2D eigenvalue weighted by molar-refractivity contribution is -0.144. The van der Waals surface area contributed by atoms with Crippen LogP contribution < -0.4 is 0 Å². The average Bonchev–Trinajstić information content (AvgIpc) is 2.44. The molecule has 0 aliphatic rings. The molecule has 0 fully saturated rings. The standard InChI is InChI=1S/C18H26O3S/c1-6-20-16(22)12-15(17(19)21-7-2)13-8-10-14(11-9-13)18(3,4)5/h8-11,15H,6-7,12H2,1-5H3. The van der Waals surface area contributed by atoms with Crippen molar-refractivity contribution in [1.82, 2.24) is 0 Å². The van der Waals surface area contributed by atoms with Gasteiger partial charge in [-0.15, -0.1) is 0 Å². The molecule has 0 N–H and O–H groups in total. The minimum atomic E-state index is -0.409.